The van der Waals surface area contributed by atoms with Gasteiger partial charge >= 0.3 is 0 Å². The number of nitrogens with one attached hydrogen (secondary N) is 1. The smallest absolute Gasteiger partial charge is 0.294 e. The molecule has 0 aliphatic carbocycles. The molecule has 3 rings (SSSR count). The Morgan fingerprint density at radius 3 is 2.95 bits per heavy atom. The van der Waals surface area contributed by atoms with Gasteiger partial charge in [-0.05, 0) is 19.9 Å². The molecule has 0 aliphatic heterocycles. The minimum absolute atomic E-state index is 0.0374. The van der Waals surface area contributed by atoms with Crippen LogP contribution in [0.3, 0.4) is 0 Å². The Bertz CT molecular complexity index is 823. The van der Waals surface area contributed by atoms with E-state index in [1.54, 1.807) is 29.2 Å². The van der Waals surface area contributed by atoms with E-state index in [1.807, 2.05) is 13.8 Å². The van der Waals surface area contributed by atoms with Crippen LogP contribution in [0.4, 0.5) is 17.1 Å². The van der Waals surface area contributed by atoms with Crippen molar-refractivity contribution in [3.63, 3.8) is 0 Å². The van der Waals surface area contributed by atoms with Crippen molar-refractivity contribution in [1.29, 1.82) is 0 Å². The van der Waals surface area contributed by atoms with E-state index < -0.39 is 0 Å². The zero-order valence-corrected chi connectivity index (χ0v) is 12.3. The second-order valence-corrected chi connectivity index (χ2v) is 5.77. The van der Waals surface area contributed by atoms with Gasteiger partial charge in [0.1, 0.15) is 5.69 Å². The monoisotopic (exact) mass is 303 g/mol. The lowest BCUT2D eigenvalue weighted by atomic mass is 10.2. The van der Waals surface area contributed by atoms with Crippen molar-refractivity contribution < 1.29 is 4.92 Å². The Morgan fingerprint density at radius 1 is 1.48 bits per heavy atom. The van der Waals surface area contributed by atoms with Crippen LogP contribution in [0.15, 0.2) is 24.5 Å². The Labute approximate surface area is 124 Å². The molecule has 0 bridgehead atoms. The maximum absolute atomic E-state index is 11.3. The van der Waals surface area contributed by atoms with E-state index in [0.29, 0.717) is 11.4 Å². The zero-order chi connectivity index (χ0) is 15.0. The third kappa shape index (κ3) is 2.57. The molecule has 3 aromatic rings. The number of hydrogen-bond donors (Lipinski definition) is 1. The molecule has 1 N–H and O–H groups in total. The predicted molar refractivity (Wildman–Crippen MR) is 82.2 cm³/mol. The summed E-state index contributed by atoms with van der Waals surface area (Å²) in [4.78, 5) is 15.2. The van der Waals surface area contributed by atoms with Crippen LogP contribution in [0.25, 0.3) is 10.2 Å². The van der Waals surface area contributed by atoms with Crippen molar-refractivity contribution in [2.24, 2.45) is 0 Å². The highest BCUT2D eigenvalue weighted by Gasteiger charge is 2.17. The summed E-state index contributed by atoms with van der Waals surface area (Å²) in [5, 5.41) is 19.3. The van der Waals surface area contributed by atoms with Crippen LogP contribution in [0.5, 0.6) is 0 Å². The Kier molecular flexibility index (Phi) is 3.30. The summed E-state index contributed by atoms with van der Waals surface area (Å²) in [6, 6.07) is 3.27. The number of benzene rings is 1. The lowest BCUT2D eigenvalue weighted by molar-refractivity contribution is -0.383. The third-order valence-corrected chi connectivity index (χ3v) is 3.98. The molecule has 0 radical (unpaired) electrons. The number of nitrogens with zero attached hydrogens (tertiary/aromatic N) is 4. The van der Waals surface area contributed by atoms with Crippen LogP contribution in [-0.2, 0) is 6.54 Å². The number of hydrogen-bond acceptors (Lipinski definition) is 6. The quantitative estimate of drug-likeness (QED) is 0.589. The number of aromatic nitrogens is 3. The van der Waals surface area contributed by atoms with Crippen molar-refractivity contribution in [1.82, 2.24) is 14.8 Å². The standard InChI is InChI=1S/C13H13N5O2S/c1-3-17-7-9(6-14-17)16-10-4-11-13(21-8(2)15-11)5-12(10)18(19)20/h4-7,16H,3H2,1-2H3. The van der Waals surface area contributed by atoms with Gasteiger partial charge in [0.15, 0.2) is 0 Å². The molecular weight excluding hydrogens is 290 g/mol. The van der Waals surface area contributed by atoms with Crippen LogP contribution < -0.4 is 5.32 Å². The molecule has 0 aliphatic rings. The molecule has 21 heavy (non-hydrogen) atoms. The van der Waals surface area contributed by atoms with Crippen LogP contribution >= 0.6 is 11.3 Å². The first-order valence-electron chi connectivity index (χ1n) is 6.42. The molecule has 0 unspecified atom stereocenters. The predicted octanol–water partition coefficient (Wildman–Crippen LogP) is 3.47. The summed E-state index contributed by atoms with van der Waals surface area (Å²) >= 11 is 1.45. The van der Waals surface area contributed by atoms with Gasteiger partial charge in [-0.1, -0.05) is 0 Å². The third-order valence-electron chi connectivity index (χ3n) is 3.05. The summed E-state index contributed by atoms with van der Waals surface area (Å²) in [5.41, 5.74) is 1.93. The molecule has 0 amide bonds. The van der Waals surface area contributed by atoms with Crippen LogP contribution in [0.2, 0.25) is 0 Å². The number of aryl methyl sites for hydroxylation is 2. The summed E-state index contributed by atoms with van der Waals surface area (Å²) < 4.78 is 2.56. The number of rotatable bonds is 4. The number of nitro benzene ring substituents is 1. The van der Waals surface area contributed by atoms with E-state index in [-0.39, 0.29) is 10.6 Å². The highest BCUT2D eigenvalue weighted by molar-refractivity contribution is 7.18. The van der Waals surface area contributed by atoms with E-state index in [4.69, 9.17) is 0 Å². The normalized spacial score (nSPS) is 11.0. The molecule has 8 heteroatoms. The van der Waals surface area contributed by atoms with Gasteiger partial charge in [0, 0.05) is 18.8 Å². The van der Waals surface area contributed by atoms with Gasteiger partial charge in [-0.25, -0.2) is 4.98 Å². The van der Waals surface area contributed by atoms with Gasteiger partial charge in [0.25, 0.3) is 5.69 Å². The van der Waals surface area contributed by atoms with Gasteiger partial charge in [-0.3, -0.25) is 14.8 Å². The summed E-state index contributed by atoms with van der Waals surface area (Å²) in [6.07, 6.45) is 3.45. The number of anilines is 2. The van der Waals surface area contributed by atoms with E-state index >= 15 is 0 Å². The second kappa shape index (κ2) is 5.13. The van der Waals surface area contributed by atoms with Crippen LogP contribution in [0.1, 0.15) is 11.9 Å². The first-order valence-corrected chi connectivity index (χ1v) is 7.23. The van der Waals surface area contributed by atoms with Crippen LogP contribution in [0, 0.1) is 17.0 Å². The van der Waals surface area contributed by atoms with Crippen LogP contribution in [-0.4, -0.2) is 19.7 Å². The lowest BCUT2D eigenvalue weighted by Crippen LogP contribution is -1.97. The molecular formula is C13H13N5O2S. The topological polar surface area (TPSA) is 85.9 Å². The van der Waals surface area contributed by atoms with Gasteiger partial charge in [0.2, 0.25) is 0 Å². The highest BCUT2D eigenvalue weighted by Crippen LogP contribution is 2.34. The number of fused-ring (bicyclic) bond motifs is 1. The first-order chi connectivity index (χ1) is 10.1. The molecule has 0 spiro atoms. The van der Waals surface area contributed by atoms with Crippen molar-refractivity contribution in [3.05, 3.63) is 39.6 Å². The molecule has 2 aromatic heterocycles. The number of thiazole rings is 1. The average Bonchev–Trinajstić information content (AvgIpc) is 3.02. The minimum atomic E-state index is -0.388. The lowest BCUT2D eigenvalue weighted by Gasteiger charge is -2.04. The maximum Gasteiger partial charge on any atom is 0.294 e. The first kappa shape index (κ1) is 13.5. The Hall–Kier alpha value is -2.48. The van der Waals surface area contributed by atoms with Crippen molar-refractivity contribution in [2.45, 2.75) is 20.4 Å². The highest BCUT2D eigenvalue weighted by atomic mass is 32.1. The summed E-state index contributed by atoms with van der Waals surface area (Å²) in [7, 11) is 0. The molecule has 0 saturated heterocycles. The van der Waals surface area contributed by atoms with E-state index in [1.165, 1.54) is 11.3 Å². The molecule has 2 heterocycles. The SMILES string of the molecule is CCn1cc(Nc2cc3nc(C)sc3cc2[N+](=O)[O-])cn1. The fourth-order valence-electron chi connectivity index (χ4n) is 2.09. The maximum atomic E-state index is 11.3. The number of nitro groups is 1. The van der Waals surface area contributed by atoms with E-state index in [0.717, 1.165) is 21.8 Å². The molecule has 0 fully saturated rings. The summed E-state index contributed by atoms with van der Waals surface area (Å²) in [6.45, 7) is 4.60. The van der Waals surface area contributed by atoms with E-state index in [9.17, 15) is 10.1 Å². The fraction of sp³-hybridized carbons (Fsp3) is 0.231. The average molecular weight is 303 g/mol. The van der Waals surface area contributed by atoms with Gasteiger partial charge < -0.3 is 5.32 Å². The largest absolute Gasteiger partial charge is 0.347 e. The minimum Gasteiger partial charge on any atom is -0.347 e. The molecule has 0 saturated carbocycles. The molecule has 7 nitrogen and oxygen atoms in total. The van der Waals surface area contributed by atoms with Crippen molar-refractivity contribution in [3.8, 4) is 0 Å². The van der Waals surface area contributed by atoms with Gasteiger partial charge in [0.05, 0.1) is 32.0 Å². The zero-order valence-electron chi connectivity index (χ0n) is 11.5. The molecule has 108 valence electrons. The Morgan fingerprint density at radius 2 is 2.29 bits per heavy atom. The summed E-state index contributed by atoms with van der Waals surface area (Å²) in [5.74, 6) is 0. The van der Waals surface area contributed by atoms with E-state index in [2.05, 4.69) is 15.4 Å². The molecule has 0 atom stereocenters. The van der Waals surface area contributed by atoms with Gasteiger partial charge in [-0.15, -0.1) is 11.3 Å². The van der Waals surface area contributed by atoms with Crippen molar-refractivity contribution >= 4 is 38.6 Å². The fourth-order valence-corrected chi connectivity index (χ4v) is 2.93. The Balaban J connectivity index is 2.06. The second-order valence-electron chi connectivity index (χ2n) is 4.54. The van der Waals surface area contributed by atoms with Gasteiger partial charge in [-0.2, -0.15) is 5.10 Å². The molecule has 1 aromatic carbocycles. The van der Waals surface area contributed by atoms with Crippen molar-refractivity contribution in [2.75, 3.05) is 5.32 Å².